The lowest BCUT2D eigenvalue weighted by Crippen LogP contribution is -2.30. The maximum Gasteiger partial charge on any atom is 0.192 e. The summed E-state index contributed by atoms with van der Waals surface area (Å²) in [4.78, 5) is 0. The van der Waals surface area contributed by atoms with Gasteiger partial charge in [0.2, 0.25) is 0 Å². The molecule has 0 unspecified atom stereocenters. The summed E-state index contributed by atoms with van der Waals surface area (Å²) in [7, 11) is 1.54. The fourth-order valence-electron chi connectivity index (χ4n) is 2.67. The second-order valence-electron chi connectivity index (χ2n) is 6.35. The molecular formula is C18H14F5N3O. The third-order valence-corrected chi connectivity index (χ3v) is 3.91. The van der Waals surface area contributed by atoms with Crippen LogP contribution in [0.2, 0.25) is 0 Å². The zero-order chi connectivity index (χ0) is 19.9. The summed E-state index contributed by atoms with van der Waals surface area (Å²) in [6.07, 6.45) is 0. The van der Waals surface area contributed by atoms with Gasteiger partial charge in [0.1, 0.15) is 5.82 Å². The highest BCUT2D eigenvalue weighted by atomic mass is 19.2. The largest absolute Gasteiger partial charge is 0.474 e. The van der Waals surface area contributed by atoms with Gasteiger partial charge in [0, 0.05) is 24.7 Å². The zero-order valence-corrected chi connectivity index (χ0v) is 14.5. The molecule has 1 heterocycles. The van der Waals surface area contributed by atoms with Crippen molar-refractivity contribution in [3.05, 3.63) is 65.2 Å². The van der Waals surface area contributed by atoms with Gasteiger partial charge in [-0.25, -0.2) is 22.0 Å². The Bertz CT molecular complexity index is 993. The number of nitrogens with zero attached hydrogens (tertiary/aromatic N) is 3. The van der Waals surface area contributed by atoms with Crippen LogP contribution in [0.1, 0.15) is 19.7 Å². The van der Waals surface area contributed by atoms with Crippen molar-refractivity contribution in [3.8, 4) is 17.1 Å². The molecule has 1 aromatic heterocycles. The van der Waals surface area contributed by atoms with Crippen LogP contribution < -0.4 is 4.74 Å². The number of ether oxygens (including phenoxy) is 1. The fraction of sp³-hybridized carbons (Fsp3) is 0.222. The van der Waals surface area contributed by atoms with Crippen molar-refractivity contribution in [1.29, 1.82) is 0 Å². The number of rotatable bonds is 4. The SMILES string of the molecule is Cn1c(-c2ccc(F)c(F)c2)nnc1C(C)(C)Oc1c(F)cc(F)cc1F. The highest BCUT2D eigenvalue weighted by Gasteiger charge is 2.32. The molecule has 9 heteroatoms. The van der Waals surface area contributed by atoms with Crippen molar-refractivity contribution < 1.29 is 26.7 Å². The van der Waals surface area contributed by atoms with E-state index in [9.17, 15) is 22.0 Å². The minimum atomic E-state index is -1.38. The van der Waals surface area contributed by atoms with E-state index in [4.69, 9.17) is 4.74 Å². The van der Waals surface area contributed by atoms with Crippen molar-refractivity contribution in [2.45, 2.75) is 19.4 Å². The van der Waals surface area contributed by atoms with Crippen molar-refractivity contribution in [2.75, 3.05) is 0 Å². The predicted molar refractivity (Wildman–Crippen MR) is 86.3 cm³/mol. The Labute approximate surface area is 151 Å². The van der Waals surface area contributed by atoms with Gasteiger partial charge in [-0.15, -0.1) is 10.2 Å². The van der Waals surface area contributed by atoms with Gasteiger partial charge in [-0.2, -0.15) is 0 Å². The molecule has 0 saturated carbocycles. The molecule has 4 nitrogen and oxygen atoms in total. The van der Waals surface area contributed by atoms with E-state index >= 15 is 0 Å². The van der Waals surface area contributed by atoms with Gasteiger partial charge in [0.05, 0.1) is 0 Å². The van der Waals surface area contributed by atoms with Crippen LogP contribution in [-0.4, -0.2) is 14.8 Å². The van der Waals surface area contributed by atoms with Gasteiger partial charge in [0.25, 0.3) is 0 Å². The van der Waals surface area contributed by atoms with Crippen LogP contribution in [0.15, 0.2) is 30.3 Å². The fourth-order valence-corrected chi connectivity index (χ4v) is 2.67. The lowest BCUT2D eigenvalue weighted by Gasteiger charge is -2.26. The van der Waals surface area contributed by atoms with Crippen LogP contribution in [0, 0.1) is 29.1 Å². The van der Waals surface area contributed by atoms with E-state index in [-0.39, 0.29) is 17.2 Å². The predicted octanol–water partition coefficient (Wildman–Crippen LogP) is 4.49. The molecule has 142 valence electrons. The summed E-state index contributed by atoms with van der Waals surface area (Å²) < 4.78 is 74.3. The first-order valence-corrected chi connectivity index (χ1v) is 7.79. The first-order valence-electron chi connectivity index (χ1n) is 7.79. The quantitative estimate of drug-likeness (QED) is 0.623. The van der Waals surface area contributed by atoms with E-state index in [2.05, 4.69) is 10.2 Å². The van der Waals surface area contributed by atoms with Crippen molar-refractivity contribution in [3.63, 3.8) is 0 Å². The van der Waals surface area contributed by atoms with Crippen molar-refractivity contribution in [1.82, 2.24) is 14.8 Å². The average Bonchev–Trinajstić information content (AvgIpc) is 2.96. The second kappa shape index (κ2) is 6.64. The smallest absolute Gasteiger partial charge is 0.192 e. The monoisotopic (exact) mass is 383 g/mol. The van der Waals surface area contributed by atoms with Crippen LogP contribution in [0.3, 0.4) is 0 Å². The van der Waals surface area contributed by atoms with E-state index < -0.39 is 40.4 Å². The van der Waals surface area contributed by atoms with Crippen LogP contribution in [0.25, 0.3) is 11.4 Å². The van der Waals surface area contributed by atoms with E-state index in [1.165, 1.54) is 31.5 Å². The zero-order valence-electron chi connectivity index (χ0n) is 14.5. The van der Waals surface area contributed by atoms with Crippen LogP contribution in [0.5, 0.6) is 5.75 Å². The normalized spacial score (nSPS) is 11.7. The summed E-state index contributed by atoms with van der Waals surface area (Å²) >= 11 is 0. The van der Waals surface area contributed by atoms with Gasteiger partial charge < -0.3 is 9.30 Å². The third kappa shape index (κ3) is 3.49. The Kier molecular flexibility index (Phi) is 4.63. The molecule has 3 rings (SSSR count). The Morgan fingerprint density at radius 1 is 0.852 bits per heavy atom. The highest BCUT2D eigenvalue weighted by Crippen LogP contribution is 2.32. The molecule has 0 bridgehead atoms. The van der Waals surface area contributed by atoms with E-state index in [0.29, 0.717) is 12.1 Å². The molecule has 0 N–H and O–H groups in total. The van der Waals surface area contributed by atoms with Crippen molar-refractivity contribution in [2.24, 2.45) is 7.05 Å². The number of hydrogen-bond donors (Lipinski definition) is 0. The maximum absolute atomic E-state index is 13.9. The molecule has 0 spiro atoms. The molecule has 0 aliphatic rings. The Hall–Kier alpha value is -2.97. The number of halogens is 5. The summed E-state index contributed by atoms with van der Waals surface area (Å²) in [6.45, 7) is 2.96. The number of hydrogen-bond acceptors (Lipinski definition) is 3. The molecule has 0 aliphatic heterocycles. The molecule has 3 aromatic rings. The molecule has 2 aromatic carbocycles. The Balaban J connectivity index is 1.99. The molecule has 27 heavy (non-hydrogen) atoms. The van der Waals surface area contributed by atoms with Gasteiger partial charge in [-0.1, -0.05) is 0 Å². The summed E-state index contributed by atoms with van der Waals surface area (Å²) in [6, 6.07) is 4.22. The maximum atomic E-state index is 13.9. The van der Waals surface area contributed by atoms with Gasteiger partial charge >= 0.3 is 0 Å². The van der Waals surface area contributed by atoms with E-state index in [0.717, 1.165) is 12.1 Å². The summed E-state index contributed by atoms with van der Waals surface area (Å²) in [5.41, 5.74) is -1.12. The van der Waals surface area contributed by atoms with Crippen LogP contribution in [-0.2, 0) is 12.6 Å². The van der Waals surface area contributed by atoms with E-state index in [1.807, 2.05) is 0 Å². The lowest BCUT2D eigenvalue weighted by atomic mass is 10.1. The molecule has 0 radical (unpaired) electrons. The first-order chi connectivity index (χ1) is 12.6. The minimum Gasteiger partial charge on any atom is -0.474 e. The molecule has 0 saturated heterocycles. The summed E-state index contributed by atoms with van der Waals surface area (Å²) in [5.74, 6) is -5.96. The Morgan fingerprint density at radius 3 is 2.07 bits per heavy atom. The van der Waals surface area contributed by atoms with Gasteiger partial charge in [-0.3, -0.25) is 0 Å². The molecular weight excluding hydrogens is 369 g/mol. The Morgan fingerprint density at radius 2 is 1.48 bits per heavy atom. The number of aromatic nitrogens is 3. The van der Waals surface area contributed by atoms with Crippen LogP contribution in [0.4, 0.5) is 22.0 Å². The highest BCUT2D eigenvalue weighted by molar-refractivity contribution is 5.55. The minimum absolute atomic E-state index is 0.158. The van der Waals surface area contributed by atoms with Crippen LogP contribution >= 0.6 is 0 Å². The lowest BCUT2D eigenvalue weighted by molar-refractivity contribution is 0.0833. The van der Waals surface area contributed by atoms with Gasteiger partial charge in [0.15, 0.2) is 46.3 Å². The number of benzene rings is 2. The topological polar surface area (TPSA) is 39.9 Å². The first kappa shape index (κ1) is 18.8. The molecule has 0 atom stereocenters. The molecule has 0 aliphatic carbocycles. The standard InChI is InChI=1S/C18H14F5N3O/c1-18(2,27-15-13(22)7-10(19)8-14(15)23)17-25-24-16(26(17)3)9-4-5-11(20)12(21)6-9/h4-8H,1-3H3. The van der Waals surface area contributed by atoms with Crippen molar-refractivity contribution >= 4 is 0 Å². The molecule has 0 amide bonds. The second-order valence-corrected chi connectivity index (χ2v) is 6.35. The molecule has 0 fully saturated rings. The summed E-state index contributed by atoms with van der Waals surface area (Å²) in [5, 5.41) is 7.86. The third-order valence-electron chi connectivity index (χ3n) is 3.91. The van der Waals surface area contributed by atoms with E-state index in [1.54, 1.807) is 0 Å². The van der Waals surface area contributed by atoms with Gasteiger partial charge in [-0.05, 0) is 32.0 Å². The average molecular weight is 383 g/mol.